The lowest BCUT2D eigenvalue weighted by Gasteiger charge is -2.20. The SMILES string of the molecule is COc1cccc(C(=O)NCCC(=O)N[C@H]2CN(C(C)C)C[C@@H]2OC)c1. The summed E-state index contributed by atoms with van der Waals surface area (Å²) in [6.45, 7) is 6.12. The number of carbonyl (C=O) groups excluding carboxylic acids is 2. The van der Waals surface area contributed by atoms with E-state index >= 15 is 0 Å². The molecule has 26 heavy (non-hydrogen) atoms. The number of ether oxygens (including phenoxy) is 2. The fraction of sp³-hybridized carbons (Fsp3) is 0.579. The van der Waals surface area contributed by atoms with Crippen LogP contribution in [-0.2, 0) is 9.53 Å². The summed E-state index contributed by atoms with van der Waals surface area (Å²) in [6.07, 6.45) is 0.220. The molecule has 2 N–H and O–H groups in total. The van der Waals surface area contributed by atoms with Crippen LogP contribution in [0.5, 0.6) is 5.75 Å². The van der Waals surface area contributed by atoms with E-state index in [0.29, 0.717) is 17.4 Å². The number of methoxy groups -OCH3 is 2. The summed E-state index contributed by atoms with van der Waals surface area (Å²) in [4.78, 5) is 26.6. The largest absolute Gasteiger partial charge is 0.497 e. The molecule has 1 saturated heterocycles. The minimum Gasteiger partial charge on any atom is -0.497 e. The monoisotopic (exact) mass is 363 g/mol. The van der Waals surface area contributed by atoms with Crippen LogP contribution in [0.4, 0.5) is 0 Å². The lowest BCUT2D eigenvalue weighted by atomic mass is 10.2. The Bertz CT molecular complexity index is 621. The van der Waals surface area contributed by atoms with Crippen LogP contribution in [0.1, 0.15) is 30.6 Å². The summed E-state index contributed by atoms with van der Waals surface area (Å²) in [6, 6.07) is 7.29. The predicted octanol–water partition coefficient (Wildman–Crippen LogP) is 1.04. The maximum absolute atomic E-state index is 12.2. The average molecular weight is 363 g/mol. The Labute approximate surface area is 155 Å². The number of hydrogen-bond donors (Lipinski definition) is 2. The fourth-order valence-corrected chi connectivity index (χ4v) is 3.04. The van der Waals surface area contributed by atoms with E-state index in [4.69, 9.17) is 9.47 Å². The molecule has 2 amide bonds. The predicted molar refractivity (Wildman–Crippen MR) is 99.4 cm³/mol. The molecule has 1 aromatic rings. The molecule has 7 nitrogen and oxygen atoms in total. The Kier molecular flexibility index (Phi) is 7.41. The van der Waals surface area contributed by atoms with E-state index in [0.717, 1.165) is 13.1 Å². The Hall–Kier alpha value is -2.12. The van der Waals surface area contributed by atoms with Crippen LogP contribution >= 0.6 is 0 Å². The van der Waals surface area contributed by atoms with Crippen LogP contribution in [0.3, 0.4) is 0 Å². The van der Waals surface area contributed by atoms with E-state index in [-0.39, 0.29) is 36.9 Å². The van der Waals surface area contributed by atoms with E-state index in [1.54, 1.807) is 38.5 Å². The van der Waals surface area contributed by atoms with Crippen molar-refractivity contribution in [2.45, 2.75) is 38.5 Å². The van der Waals surface area contributed by atoms with Gasteiger partial charge in [-0.3, -0.25) is 14.5 Å². The highest BCUT2D eigenvalue weighted by Gasteiger charge is 2.34. The summed E-state index contributed by atoms with van der Waals surface area (Å²) in [5.74, 6) is 0.309. The van der Waals surface area contributed by atoms with Crippen molar-refractivity contribution in [3.05, 3.63) is 29.8 Å². The number of benzene rings is 1. The first kappa shape index (κ1) is 20.2. The molecular formula is C19H29N3O4. The van der Waals surface area contributed by atoms with Crippen LogP contribution in [0.2, 0.25) is 0 Å². The van der Waals surface area contributed by atoms with E-state index in [2.05, 4.69) is 29.4 Å². The van der Waals surface area contributed by atoms with E-state index in [1.165, 1.54) is 0 Å². The molecule has 2 atom stereocenters. The van der Waals surface area contributed by atoms with Crippen LogP contribution < -0.4 is 15.4 Å². The Balaban J connectivity index is 1.77. The second kappa shape index (κ2) is 9.54. The van der Waals surface area contributed by atoms with Gasteiger partial charge in [-0.2, -0.15) is 0 Å². The van der Waals surface area contributed by atoms with Crippen molar-refractivity contribution < 1.29 is 19.1 Å². The molecule has 0 spiro atoms. The topological polar surface area (TPSA) is 79.9 Å². The molecule has 7 heteroatoms. The third-order valence-electron chi connectivity index (χ3n) is 4.64. The number of rotatable bonds is 8. The van der Waals surface area contributed by atoms with Gasteiger partial charge in [-0.25, -0.2) is 0 Å². The third-order valence-corrected chi connectivity index (χ3v) is 4.64. The van der Waals surface area contributed by atoms with Crippen molar-refractivity contribution in [2.75, 3.05) is 33.9 Å². The first-order valence-electron chi connectivity index (χ1n) is 8.93. The smallest absolute Gasteiger partial charge is 0.251 e. The second-order valence-electron chi connectivity index (χ2n) is 6.73. The van der Waals surface area contributed by atoms with E-state index in [9.17, 15) is 9.59 Å². The molecule has 0 bridgehead atoms. The summed E-state index contributed by atoms with van der Waals surface area (Å²) in [5, 5.41) is 5.78. The van der Waals surface area contributed by atoms with Gasteiger partial charge in [0.05, 0.1) is 19.3 Å². The maximum atomic E-state index is 12.2. The standard InChI is InChI=1S/C19H29N3O4/c1-13(2)22-11-16(17(12-22)26-4)21-18(23)8-9-20-19(24)14-6-5-7-15(10-14)25-3/h5-7,10,13,16-17H,8-9,11-12H2,1-4H3,(H,20,24)(H,21,23)/t16-,17-/m0/s1. The first-order chi connectivity index (χ1) is 12.4. The van der Waals surface area contributed by atoms with Gasteiger partial charge >= 0.3 is 0 Å². The number of hydrogen-bond acceptors (Lipinski definition) is 5. The molecule has 0 saturated carbocycles. The zero-order chi connectivity index (χ0) is 19.1. The van der Waals surface area contributed by atoms with Crippen molar-refractivity contribution in [1.82, 2.24) is 15.5 Å². The van der Waals surface area contributed by atoms with Crippen LogP contribution in [0, 0.1) is 0 Å². The molecule has 1 fully saturated rings. The lowest BCUT2D eigenvalue weighted by molar-refractivity contribution is -0.122. The zero-order valence-corrected chi connectivity index (χ0v) is 16.0. The molecule has 0 aliphatic carbocycles. The highest BCUT2D eigenvalue weighted by atomic mass is 16.5. The third kappa shape index (κ3) is 5.44. The molecule has 1 aliphatic rings. The molecule has 2 rings (SSSR count). The normalized spacial score (nSPS) is 20.2. The Morgan fingerprint density at radius 3 is 2.69 bits per heavy atom. The molecular weight excluding hydrogens is 334 g/mol. The van der Waals surface area contributed by atoms with Gasteiger partial charge in [0.2, 0.25) is 5.91 Å². The summed E-state index contributed by atoms with van der Waals surface area (Å²) in [5.41, 5.74) is 0.507. The first-order valence-corrected chi connectivity index (χ1v) is 8.93. The zero-order valence-electron chi connectivity index (χ0n) is 16.0. The molecule has 1 heterocycles. The average Bonchev–Trinajstić information content (AvgIpc) is 3.04. The van der Waals surface area contributed by atoms with Gasteiger partial charge in [0.15, 0.2) is 0 Å². The van der Waals surface area contributed by atoms with Gasteiger partial charge in [-0.1, -0.05) is 6.07 Å². The molecule has 144 valence electrons. The van der Waals surface area contributed by atoms with Gasteiger partial charge in [0.25, 0.3) is 5.91 Å². The van der Waals surface area contributed by atoms with Crippen LogP contribution in [-0.4, -0.2) is 68.8 Å². The number of nitrogens with one attached hydrogen (secondary N) is 2. The quantitative estimate of drug-likeness (QED) is 0.721. The maximum Gasteiger partial charge on any atom is 0.251 e. The van der Waals surface area contributed by atoms with Gasteiger partial charge in [0, 0.05) is 44.8 Å². The molecule has 0 unspecified atom stereocenters. The minimum atomic E-state index is -0.224. The van der Waals surface area contributed by atoms with Gasteiger partial charge in [-0.15, -0.1) is 0 Å². The van der Waals surface area contributed by atoms with Crippen molar-refractivity contribution in [3.8, 4) is 5.75 Å². The highest BCUT2D eigenvalue weighted by Crippen LogP contribution is 2.16. The molecule has 0 radical (unpaired) electrons. The Morgan fingerprint density at radius 2 is 2.04 bits per heavy atom. The van der Waals surface area contributed by atoms with Gasteiger partial charge < -0.3 is 20.1 Å². The lowest BCUT2D eigenvalue weighted by Crippen LogP contribution is -2.44. The van der Waals surface area contributed by atoms with Gasteiger partial charge in [0.1, 0.15) is 5.75 Å². The van der Waals surface area contributed by atoms with Crippen LogP contribution in [0.15, 0.2) is 24.3 Å². The van der Waals surface area contributed by atoms with Crippen molar-refractivity contribution in [2.24, 2.45) is 0 Å². The van der Waals surface area contributed by atoms with E-state index in [1.807, 2.05) is 0 Å². The number of amides is 2. The highest BCUT2D eigenvalue weighted by molar-refractivity contribution is 5.94. The number of carbonyl (C=O) groups is 2. The van der Waals surface area contributed by atoms with Crippen molar-refractivity contribution in [3.63, 3.8) is 0 Å². The number of nitrogens with zero attached hydrogens (tertiary/aromatic N) is 1. The number of likely N-dealkylation sites (tertiary alicyclic amines) is 1. The van der Waals surface area contributed by atoms with Crippen molar-refractivity contribution >= 4 is 11.8 Å². The molecule has 1 aromatic carbocycles. The fourth-order valence-electron chi connectivity index (χ4n) is 3.04. The molecule has 1 aliphatic heterocycles. The minimum absolute atomic E-state index is 0.00674. The summed E-state index contributed by atoms with van der Waals surface area (Å²) >= 11 is 0. The van der Waals surface area contributed by atoms with Crippen molar-refractivity contribution in [1.29, 1.82) is 0 Å². The Morgan fingerprint density at radius 1 is 1.27 bits per heavy atom. The second-order valence-corrected chi connectivity index (χ2v) is 6.73. The van der Waals surface area contributed by atoms with Gasteiger partial charge in [-0.05, 0) is 32.0 Å². The summed E-state index contributed by atoms with van der Waals surface area (Å²) < 4.78 is 10.6. The van der Waals surface area contributed by atoms with Crippen LogP contribution in [0.25, 0.3) is 0 Å². The molecule has 0 aromatic heterocycles. The van der Waals surface area contributed by atoms with E-state index < -0.39 is 0 Å². The summed E-state index contributed by atoms with van der Waals surface area (Å²) in [7, 11) is 3.22.